The molecule has 0 saturated carbocycles. The summed E-state index contributed by atoms with van der Waals surface area (Å²) in [5, 5.41) is 9.48. The van der Waals surface area contributed by atoms with E-state index in [1.54, 1.807) is 18.2 Å². The number of ketones is 1. The molecule has 0 aromatic carbocycles. The molecule has 1 unspecified atom stereocenters. The van der Waals surface area contributed by atoms with Gasteiger partial charge in [-0.25, -0.2) is 4.79 Å². The summed E-state index contributed by atoms with van der Waals surface area (Å²) in [6, 6.07) is 0. The summed E-state index contributed by atoms with van der Waals surface area (Å²) in [7, 11) is 1.24. The molecule has 0 radical (unpaired) electrons. The normalized spacial score (nSPS) is 19.9. The van der Waals surface area contributed by atoms with Crippen LogP contribution in [-0.4, -0.2) is 30.1 Å². The lowest BCUT2D eigenvalue weighted by Crippen LogP contribution is -2.20. The van der Waals surface area contributed by atoms with E-state index in [4.69, 9.17) is 0 Å². The van der Waals surface area contributed by atoms with Gasteiger partial charge in [0.2, 0.25) is 0 Å². The molecule has 0 spiro atoms. The predicted octanol–water partition coefficient (Wildman–Crippen LogP) is 4.69. The van der Waals surface area contributed by atoms with Crippen molar-refractivity contribution in [1.29, 1.82) is 0 Å². The Morgan fingerprint density at radius 2 is 2.00 bits per heavy atom. The highest BCUT2D eigenvalue weighted by molar-refractivity contribution is 5.95. The van der Waals surface area contributed by atoms with Crippen LogP contribution < -0.4 is 0 Å². The van der Waals surface area contributed by atoms with Crippen molar-refractivity contribution in [2.45, 2.75) is 70.8 Å². The van der Waals surface area contributed by atoms with E-state index in [2.05, 4.69) is 29.5 Å². The summed E-state index contributed by atoms with van der Waals surface area (Å²) in [6.45, 7) is 2.23. The van der Waals surface area contributed by atoms with E-state index < -0.39 is 12.1 Å². The maximum absolute atomic E-state index is 12.0. The molecule has 0 fully saturated rings. The third kappa shape index (κ3) is 9.55. The molecule has 1 rings (SSSR count). The van der Waals surface area contributed by atoms with Crippen molar-refractivity contribution < 1.29 is 19.4 Å². The van der Waals surface area contributed by atoms with Crippen LogP contribution in [0, 0.1) is 11.8 Å². The lowest BCUT2D eigenvalue weighted by Gasteiger charge is -2.12. The zero-order chi connectivity index (χ0) is 19.9. The van der Waals surface area contributed by atoms with Gasteiger partial charge in [0.15, 0.2) is 11.9 Å². The molecule has 0 heterocycles. The van der Waals surface area contributed by atoms with E-state index in [-0.39, 0.29) is 24.0 Å². The van der Waals surface area contributed by atoms with Gasteiger partial charge in [0.25, 0.3) is 0 Å². The topological polar surface area (TPSA) is 63.6 Å². The smallest absolute Gasteiger partial charge is 0.335 e. The van der Waals surface area contributed by atoms with Crippen LogP contribution in [-0.2, 0) is 14.3 Å². The third-order valence-corrected chi connectivity index (χ3v) is 4.82. The number of methoxy groups -OCH3 is 1. The molecule has 1 aliphatic carbocycles. The lowest BCUT2D eigenvalue weighted by molar-refractivity contribution is -0.150. The first kappa shape index (κ1) is 23.1. The van der Waals surface area contributed by atoms with E-state index in [0.717, 1.165) is 6.42 Å². The molecule has 1 N–H and O–H groups in total. The number of carbonyl (C=O) groups is 2. The Balaban J connectivity index is 2.34. The van der Waals surface area contributed by atoms with Gasteiger partial charge in [0, 0.05) is 18.3 Å². The monoisotopic (exact) mass is 374 g/mol. The van der Waals surface area contributed by atoms with Gasteiger partial charge in [-0.3, -0.25) is 4.79 Å². The lowest BCUT2D eigenvalue weighted by atomic mass is 9.91. The fourth-order valence-electron chi connectivity index (χ4n) is 3.11. The quantitative estimate of drug-likeness (QED) is 0.220. The highest BCUT2D eigenvalue weighted by atomic mass is 16.5. The molecular formula is C23H34O4. The minimum absolute atomic E-state index is 0.0720. The van der Waals surface area contributed by atoms with Crippen LogP contribution in [0.4, 0.5) is 0 Å². The van der Waals surface area contributed by atoms with Crippen molar-refractivity contribution in [2.75, 3.05) is 7.11 Å². The van der Waals surface area contributed by atoms with Gasteiger partial charge >= 0.3 is 5.97 Å². The number of hydrogen-bond donors (Lipinski definition) is 1. The first-order valence-corrected chi connectivity index (χ1v) is 10.1. The summed E-state index contributed by atoms with van der Waals surface area (Å²) in [5.41, 5.74) is 2.94. The predicted molar refractivity (Wildman–Crippen MR) is 108 cm³/mol. The maximum atomic E-state index is 12.0. The minimum Gasteiger partial charge on any atom is -0.467 e. The number of aliphatic hydroxyl groups excluding tert-OH is 1. The van der Waals surface area contributed by atoms with Crippen molar-refractivity contribution in [3.05, 3.63) is 42.2 Å². The number of carbonyl (C=O) groups excluding carboxylic acids is 2. The number of unbranched alkanes of at least 4 members (excludes halogenated alkanes) is 6. The molecule has 0 saturated heterocycles. The highest BCUT2D eigenvalue weighted by Crippen LogP contribution is 2.27. The van der Waals surface area contributed by atoms with Gasteiger partial charge in [-0.05, 0) is 37.5 Å². The van der Waals surface area contributed by atoms with Gasteiger partial charge in [-0.15, -0.1) is 5.73 Å². The van der Waals surface area contributed by atoms with Crippen molar-refractivity contribution in [1.82, 2.24) is 0 Å². The Morgan fingerprint density at radius 3 is 2.74 bits per heavy atom. The van der Waals surface area contributed by atoms with Gasteiger partial charge in [-0.2, -0.15) is 0 Å². The second kappa shape index (κ2) is 14.2. The SMILES string of the molecule is CCCCCCCCC=C[C@H]1C=CC(=O)[C@@H]1CC=C=CCC(O)C(=O)OC. The molecule has 3 atom stereocenters. The summed E-state index contributed by atoms with van der Waals surface area (Å²) < 4.78 is 4.45. The third-order valence-electron chi connectivity index (χ3n) is 4.82. The van der Waals surface area contributed by atoms with Gasteiger partial charge in [-0.1, -0.05) is 57.3 Å². The zero-order valence-corrected chi connectivity index (χ0v) is 16.7. The van der Waals surface area contributed by atoms with E-state index in [9.17, 15) is 14.7 Å². The molecule has 0 aromatic heterocycles. The number of ether oxygens (including phenoxy) is 1. The highest BCUT2D eigenvalue weighted by Gasteiger charge is 2.26. The van der Waals surface area contributed by atoms with Gasteiger partial charge < -0.3 is 9.84 Å². The molecule has 0 aromatic rings. The summed E-state index contributed by atoms with van der Waals surface area (Å²) in [4.78, 5) is 23.1. The molecule has 0 amide bonds. The first-order chi connectivity index (χ1) is 13.1. The minimum atomic E-state index is -1.16. The number of esters is 1. The Kier molecular flexibility index (Phi) is 12.2. The first-order valence-electron chi connectivity index (χ1n) is 10.1. The van der Waals surface area contributed by atoms with E-state index in [1.807, 2.05) is 6.08 Å². The average molecular weight is 375 g/mol. The van der Waals surface area contributed by atoms with Gasteiger partial charge in [0.05, 0.1) is 7.11 Å². The van der Waals surface area contributed by atoms with Crippen LogP contribution in [0.1, 0.15) is 64.7 Å². The Labute approximate surface area is 163 Å². The number of hydrogen-bond acceptors (Lipinski definition) is 4. The molecule has 0 aliphatic heterocycles. The van der Waals surface area contributed by atoms with Crippen molar-refractivity contribution in [3.8, 4) is 0 Å². The fraction of sp³-hybridized carbons (Fsp3) is 0.609. The second-order valence-corrected chi connectivity index (χ2v) is 7.02. The van der Waals surface area contributed by atoms with Crippen molar-refractivity contribution in [2.24, 2.45) is 11.8 Å². The summed E-state index contributed by atoms with van der Waals surface area (Å²) in [5.74, 6) is -0.427. The largest absolute Gasteiger partial charge is 0.467 e. The second-order valence-electron chi connectivity index (χ2n) is 7.02. The summed E-state index contributed by atoms with van der Waals surface area (Å²) in [6.07, 6.45) is 19.8. The molecule has 0 bridgehead atoms. The Morgan fingerprint density at radius 1 is 1.26 bits per heavy atom. The van der Waals surface area contributed by atoms with Crippen LogP contribution in [0.15, 0.2) is 42.2 Å². The van der Waals surface area contributed by atoms with Crippen LogP contribution >= 0.6 is 0 Å². The molecule has 27 heavy (non-hydrogen) atoms. The van der Waals surface area contributed by atoms with Crippen molar-refractivity contribution in [3.63, 3.8) is 0 Å². The Bertz CT molecular complexity index is 567. The van der Waals surface area contributed by atoms with Crippen LogP contribution in [0.3, 0.4) is 0 Å². The maximum Gasteiger partial charge on any atom is 0.335 e. The molecule has 4 heteroatoms. The average Bonchev–Trinajstić information content (AvgIpc) is 3.02. The number of allylic oxidation sites excluding steroid dienone is 4. The van der Waals surface area contributed by atoms with Gasteiger partial charge in [0.1, 0.15) is 0 Å². The number of rotatable bonds is 13. The molecular weight excluding hydrogens is 340 g/mol. The van der Waals surface area contributed by atoms with Crippen molar-refractivity contribution >= 4 is 11.8 Å². The standard InChI is InChI=1S/C23H34O4/c1-3-4-5-6-7-8-9-11-14-19-17-18-21(24)20(19)15-12-10-13-16-22(25)23(26)27-2/h11-14,17-20,22,25H,3-9,15-16H2,1-2H3/t10?,19-,20+,22?/m0/s1. The fourth-order valence-corrected chi connectivity index (χ4v) is 3.11. The summed E-state index contributed by atoms with van der Waals surface area (Å²) >= 11 is 0. The molecule has 150 valence electrons. The van der Waals surface area contributed by atoms with Crippen LogP contribution in [0.2, 0.25) is 0 Å². The zero-order valence-electron chi connectivity index (χ0n) is 16.7. The van der Waals surface area contributed by atoms with E-state index in [0.29, 0.717) is 6.42 Å². The van der Waals surface area contributed by atoms with Crippen LogP contribution in [0.25, 0.3) is 0 Å². The number of aliphatic hydroxyl groups is 1. The molecule has 4 nitrogen and oxygen atoms in total. The van der Waals surface area contributed by atoms with Crippen LogP contribution in [0.5, 0.6) is 0 Å². The molecule has 1 aliphatic rings. The van der Waals surface area contributed by atoms with E-state index >= 15 is 0 Å². The van der Waals surface area contributed by atoms with E-state index in [1.165, 1.54) is 45.6 Å². The Hall–Kier alpha value is -1.90.